The van der Waals surface area contributed by atoms with Gasteiger partial charge in [0.1, 0.15) is 18.2 Å². The van der Waals surface area contributed by atoms with Crippen molar-refractivity contribution < 1.29 is 9.13 Å². The van der Waals surface area contributed by atoms with Gasteiger partial charge in [0.2, 0.25) is 0 Å². The molecule has 2 nitrogen and oxygen atoms in total. The van der Waals surface area contributed by atoms with Crippen LogP contribution in [0.1, 0.15) is 29.7 Å². The maximum absolute atomic E-state index is 13.0. The van der Waals surface area contributed by atoms with Crippen LogP contribution in [0.4, 0.5) is 4.39 Å². The van der Waals surface area contributed by atoms with Crippen LogP contribution in [-0.2, 0) is 6.61 Å². The molecule has 0 fully saturated rings. The molecule has 0 radical (unpaired) electrons. The average molecular weight is 338 g/mol. The highest BCUT2D eigenvalue weighted by Gasteiger charge is 2.06. The molecule has 2 aromatic carbocycles. The lowest BCUT2D eigenvalue weighted by Gasteiger charge is -2.13. The molecule has 0 saturated heterocycles. The Bertz CT molecular complexity index is 613. The Kier molecular flexibility index (Phi) is 4.78. The van der Waals surface area contributed by atoms with E-state index in [1.54, 1.807) is 6.07 Å². The van der Waals surface area contributed by atoms with Crippen molar-refractivity contribution in [2.24, 2.45) is 5.73 Å². The molecule has 20 heavy (non-hydrogen) atoms. The van der Waals surface area contributed by atoms with Gasteiger partial charge in [-0.05, 0) is 43.2 Å². The van der Waals surface area contributed by atoms with Crippen LogP contribution in [0.5, 0.6) is 5.75 Å². The van der Waals surface area contributed by atoms with Gasteiger partial charge in [-0.25, -0.2) is 4.39 Å². The Morgan fingerprint density at radius 3 is 2.60 bits per heavy atom. The molecule has 1 atom stereocenters. The predicted molar refractivity (Wildman–Crippen MR) is 82.2 cm³/mol. The second kappa shape index (κ2) is 6.37. The lowest BCUT2D eigenvalue weighted by molar-refractivity contribution is 0.303. The summed E-state index contributed by atoms with van der Waals surface area (Å²) in [5, 5.41) is 0. The van der Waals surface area contributed by atoms with Crippen molar-refractivity contribution in [3.63, 3.8) is 0 Å². The number of hydrogen-bond donors (Lipinski definition) is 1. The standard InChI is InChI=1S/C16H17BrFNO/c1-10-7-12(11(2)19)4-6-16(10)20-9-13-3-5-14(18)8-15(13)17/h3-8,11H,9,19H2,1-2H3/t11-/m0/s1. The first kappa shape index (κ1) is 15.0. The zero-order valence-electron chi connectivity index (χ0n) is 11.5. The number of ether oxygens (including phenoxy) is 1. The first-order valence-electron chi connectivity index (χ1n) is 6.40. The van der Waals surface area contributed by atoms with Crippen LogP contribution in [0, 0.1) is 12.7 Å². The molecule has 0 aliphatic carbocycles. The third-order valence-electron chi connectivity index (χ3n) is 3.12. The monoisotopic (exact) mass is 337 g/mol. The number of halogens is 2. The average Bonchev–Trinajstić information content (AvgIpc) is 2.38. The van der Waals surface area contributed by atoms with E-state index in [-0.39, 0.29) is 11.9 Å². The van der Waals surface area contributed by atoms with Crippen LogP contribution in [0.3, 0.4) is 0 Å². The summed E-state index contributed by atoms with van der Waals surface area (Å²) in [7, 11) is 0. The van der Waals surface area contributed by atoms with E-state index in [1.165, 1.54) is 12.1 Å². The topological polar surface area (TPSA) is 35.2 Å². The molecule has 0 bridgehead atoms. The quantitative estimate of drug-likeness (QED) is 0.891. The van der Waals surface area contributed by atoms with E-state index in [2.05, 4.69) is 15.9 Å². The summed E-state index contributed by atoms with van der Waals surface area (Å²) < 4.78 is 19.5. The van der Waals surface area contributed by atoms with E-state index >= 15 is 0 Å². The molecule has 0 unspecified atom stereocenters. The normalized spacial score (nSPS) is 12.2. The van der Waals surface area contributed by atoms with Crippen LogP contribution in [0.15, 0.2) is 40.9 Å². The Hall–Kier alpha value is -1.39. The molecule has 0 spiro atoms. The van der Waals surface area contributed by atoms with Gasteiger partial charge in [0.05, 0.1) is 0 Å². The van der Waals surface area contributed by atoms with Gasteiger partial charge < -0.3 is 10.5 Å². The summed E-state index contributed by atoms with van der Waals surface area (Å²) in [6.07, 6.45) is 0. The molecule has 2 N–H and O–H groups in total. The van der Waals surface area contributed by atoms with Crippen molar-refractivity contribution in [2.75, 3.05) is 0 Å². The van der Waals surface area contributed by atoms with E-state index < -0.39 is 0 Å². The lowest BCUT2D eigenvalue weighted by atomic mass is 10.1. The molecule has 0 aliphatic rings. The van der Waals surface area contributed by atoms with E-state index in [0.717, 1.165) is 22.4 Å². The highest BCUT2D eigenvalue weighted by atomic mass is 79.9. The minimum atomic E-state index is -0.266. The summed E-state index contributed by atoms with van der Waals surface area (Å²) in [5.41, 5.74) is 8.88. The van der Waals surface area contributed by atoms with Gasteiger partial charge in [0, 0.05) is 16.1 Å². The largest absolute Gasteiger partial charge is 0.489 e. The highest BCUT2D eigenvalue weighted by molar-refractivity contribution is 9.10. The molecule has 0 saturated carbocycles. The van der Waals surface area contributed by atoms with Crippen LogP contribution >= 0.6 is 15.9 Å². The van der Waals surface area contributed by atoms with Crippen molar-refractivity contribution >= 4 is 15.9 Å². The van der Waals surface area contributed by atoms with Crippen LogP contribution in [0.25, 0.3) is 0 Å². The SMILES string of the molecule is Cc1cc([C@H](C)N)ccc1OCc1ccc(F)cc1Br. The maximum atomic E-state index is 13.0. The second-order valence-corrected chi connectivity index (χ2v) is 5.69. The van der Waals surface area contributed by atoms with Gasteiger partial charge in [0.15, 0.2) is 0 Å². The summed E-state index contributed by atoms with van der Waals surface area (Å²) in [6.45, 7) is 4.32. The van der Waals surface area contributed by atoms with Crippen molar-refractivity contribution in [2.45, 2.75) is 26.5 Å². The molecule has 0 aliphatic heterocycles. The van der Waals surface area contributed by atoms with E-state index in [0.29, 0.717) is 11.1 Å². The van der Waals surface area contributed by atoms with Crippen LogP contribution in [-0.4, -0.2) is 0 Å². The van der Waals surface area contributed by atoms with E-state index in [1.807, 2.05) is 32.0 Å². The van der Waals surface area contributed by atoms with Crippen molar-refractivity contribution in [1.82, 2.24) is 0 Å². The zero-order chi connectivity index (χ0) is 14.7. The van der Waals surface area contributed by atoms with Gasteiger partial charge >= 0.3 is 0 Å². The number of aryl methyl sites for hydroxylation is 1. The summed E-state index contributed by atoms with van der Waals surface area (Å²) >= 11 is 3.33. The Morgan fingerprint density at radius 2 is 2.00 bits per heavy atom. The fourth-order valence-corrected chi connectivity index (χ4v) is 2.38. The number of benzene rings is 2. The number of hydrogen-bond acceptors (Lipinski definition) is 2. The van der Waals surface area contributed by atoms with Gasteiger partial charge in [-0.1, -0.05) is 34.1 Å². The fourth-order valence-electron chi connectivity index (χ4n) is 1.91. The minimum absolute atomic E-state index is 0.00833. The Balaban J connectivity index is 2.11. The molecule has 4 heteroatoms. The molecular formula is C16H17BrFNO. The minimum Gasteiger partial charge on any atom is -0.489 e. The van der Waals surface area contributed by atoms with Gasteiger partial charge in [-0.3, -0.25) is 0 Å². The Labute approximate surface area is 126 Å². The predicted octanol–water partition coefficient (Wildman–Crippen LogP) is 4.50. The summed E-state index contributed by atoms with van der Waals surface area (Å²) in [5.74, 6) is 0.545. The van der Waals surface area contributed by atoms with Gasteiger partial charge in [-0.15, -0.1) is 0 Å². The van der Waals surface area contributed by atoms with Crippen molar-refractivity contribution in [1.29, 1.82) is 0 Å². The van der Waals surface area contributed by atoms with Crippen molar-refractivity contribution in [3.05, 3.63) is 63.4 Å². The van der Waals surface area contributed by atoms with Gasteiger partial charge in [-0.2, -0.15) is 0 Å². The third-order valence-corrected chi connectivity index (χ3v) is 3.86. The molecule has 0 heterocycles. The third kappa shape index (κ3) is 3.58. The highest BCUT2D eigenvalue weighted by Crippen LogP contribution is 2.24. The fraction of sp³-hybridized carbons (Fsp3) is 0.250. The van der Waals surface area contributed by atoms with E-state index in [4.69, 9.17) is 10.5 Å². The van der Waals surface area contributed by atoms with Crippen molar-refractivity contribution in [3.8, 4) is 5.75 Å². The van der Waals surface area contributed by atoms with Gasteiger partial charge in [0.25, 0.3) is 0 Å². The van der Waals surface area contributed by atoms with E-state index in [9.17, 15) is 4.39 Å². The number of rotatable bonds is 4. The Morgan fingerprint density at radius 1 is 1.25 bits per heavy atom. The lowest BCUT2D eigenvalue weighted by Crippen LogP contribution is -2.05. The summed E-state index contributed by atoms with van der Waals surface area (Å²) in [4.78, 5) is 0. The second-order valence-electron chi connectivity index (χ2n) is 4.84. The molecule has 2 aromatic rings. The zero-order valence-corrected chi connectivity index (χ0v) is 13.1. The molecule has 0 aromatic heterocycles. The molecular weight excluding hydrogens is 321 g/mol. The number of nitrogens with two attached hydrogens (primary N) is 1. The molecule has 2 rings (SSSR count). The first-order chi connectivity index (χ1) is 9.47. The maximum Gasteiger partial charge on any atom is 0.124 e. The smallest absolute Gasteiger partial charge is 0.124 e. The van der Waals surface area contributed by atoms with Crippen LogP contribution < -0.4 is 10.5 Å². The molecule has 106 valence electrons. The van der Waals surface area contributed by atoms with Crippen LogP contribution in [0.2, 0.25) is 0 Å². The summed E-state index contributed by atoms with van der Waals surface area (Å²) in [6, 6.07) is 10.5. The first-order valence-corrected chi connectivity index (χ1v) is 7.19. The molecule has 0 amide bonds.